The molecule has 3 heteroatoms. The third-order valence-electron chi connectivity index (χ3n) is 2.79. The molecule has 0 radical (unpaired) electrons. The summed E-state index contributed by atoms with van der Waals surface area (Å²) in [7, 11) is 0. The van der Waals surface area contributed by atoms with Gasteiger partial charge in [0.2, 0.25) is 0 Å². The van der Waals surface area contributed by atoms with Crippen molar-refractivity contribution in [3.05, 3.63) is 59.7 Å². The van der Waals surface area contributed by atoms with Crippen LogP contribution in [0.3, 0.4) is 0 Å². The Balaban J connectivity index is 2.12. The van der Waals surface area contributed by atoms with Gasteiger partial charge in [-0.05, 0) is 28.9 Å². The summed E-state index contributed by atoms with van der Waals surface area (Å²) in [6.45, 7) is 2.58. The summed E-state index contributed by atoms with van der Waals surface area (Å²) in [5.41, 5.74) is 1.43. The summed E-state index contributed by atoms with van der Waals surface area (Å²) >= 11 is 3.52. The van der Waals surface area contributed by atoms with Crippen molar-refractivity contribution in [1.82, 2.24) is 0 Å². The average Bonchev–Trinajstić information content (AvgIpc) is 2.40. The Morgan fingerprint density at radius 3 is 2.67 bits per heavy atom. The van der Waals surface area contributed by atoms with Crippen LogP contribution in [0.2, 0.25) is 0 Å². The van der Waals surface area contributed by atoms with E-state index in [4.69, 9.17) is 4.74 Å². The maximum atomic E-state index is 12.2. The Bertz CT molecular complexity index is 490. The van der Waals surface area contributed by atoms with Gasteiger partial charge in [0.15, 0.2) is 5.78 Å². The molecule has 1 aliphatic rings. The molecule has 18 heavy (non-hydrogen) atoms. The normalized spacial score (nSPS) is 22.7. The molecule has 0 aromatic heterocycles. The maximum absolute atomic E-state index is 12.2. The molecule has 0 saturated heterocycles. The van der Waals surface area contributed by atoms with Gasteiger partial charge in [-0.25, -0.2) is 0 Å². The van der Waals surface area contributed by atoms with Crippen LogP contribution >= 0.6 is 15.9 Å². The highest BCUT2D eigenvalue weighted by molar-refractivity contribution is 9.10. The van der Waals surface area contributed by atoms with E-state index in [0.717, 1.165) is 5.57 Å². The molecule has 0 fully saturated rings. The fourth-order valence-corrected chi connectivity index (χ4v) is 2.39. The van der Waals surface area contributed by atoms with Crippen molar-refractivity contribution in [1.29, 1.82) is 0 Å². The van der Waals surface area contributed by atoms with E-state index >= 15 is 0 Å². The van der Waals surface area contributed by atoms with E-state index in [1.807, 2.05) is 55.5 Å². The minimum Gasteiger partial charge on any atom is -0.360 e. The average molecular weight is 307 g/mol. The van der Waals surface area contributed by atoms with Crippen LogP contribution in [0.25, 0.3) is 0 Å². The molecule has 1 aromatic rings. The quantitative estimate of drug-likeness (QED) is 0.623. The molecule has 1 unspecified atom stereocenters. The smallest absolute Gasteiger partial charge is 0.192 e. The van der Waals surface area contributed by atoms with Crippen LogP contribution in [0.4, 0.5) is 0 Å². The van der Waals surface area contributed by atoms with Gasteiger partial charge in [0.25, 0.3) is 0 Å². The highest BCUT2D eigenvalue weighted by Gasteiger charge is 2.26. The van der Waals surface area contributed by atoms with E-state index in [0.29, 0.717) is 18.6 Å². The van der Waals surface area contributed by atoms with Gasteiger partial charge < -0.3 is 4.74 Å². The van der Waals surface area contributed by atoms with Crippen molar-refractivity contribution < 1.29 is 9.53 Å². The number of benzene rings is 1. The van der Waals surface area contributed by atoms with E-state index < -0.39 is 4.51 Å². The van der Waals surface area contributed by atoms with Gasteiger partial charge in [-0.3, -0.25) is 4.79 Å². The Hall–Kier alpha value is -1.19. The van der Waals surface area contributed by atoms with Crippen LogP contribution in [0.5, 0.6) is 0 Å². The first-order valence-corrected chi connectivity index (χ1v) is 6.76. The minimum atomic E-state index is -0.456. The number of ether oxygens (including phenoxy) is 1. The Labute approximate surface area is 115 Å². The number of rotatable bonds is 4. The third kappa shape index (κ3) is 2.98. The number of carbonyl (C=O) groups excluding carboxylic acids is 1. The van der Waals surface area contributed by atoms with Crippen LogP contribution in [-0.4, -0.2) is 16.9 Å². The summed E-state index contributed by atoms with van der Waals surface area (Å²) in [5, 5.41) is 0. The van der Waals surface area contributed by atoms with E-state index in [-0.39, 0.29) is 5.78 Å². The maximum Gasteiger partial charge on any atom is 0.192 e. The lowest BCUT2D eigenvalue weighted by atomic mass is 9.97. The summed E-state index contributed by atoms with van der Waals surface area (Å²) in [6, 6.07) is 9.30. The van der Waals surface area contributed by atoms with Gasteiger partial charge >= 0.3 is 0 Å². The number of hydrogen-bond donors (Lipinski definition) is 0. The van der Waals surface area contributed by atoms with Crippen molar-refractivity contribution in [2.75, 3.05) is 6.61 Å². The van der Waals surface area contributed by atoms with Crippen LogP contribution in [0, 0.1) is 0 Å². The molecular formula is C15H15BrO2. The van der Waals surface area contributed by atoms with Gasteiger partial charge in [0.1, 0.15) is 4.51 Å². The molecule has 2 nitrogen and oxygen atoms in total. The Morgan fingerprint density at radius 2 is 2.11 bits per heavy atom. The highest BCUT2D eigenvalue weighted by atomic mass is 79.9. The predicted octanol–water partition coefficient (Wildman–Crippen LogP) is 3.88. The van der Waals surface area contributed by atoms with E-state index in [1.165, 1.54) is 0 Å². The molecule has 94 valence electrons. The zero-order valence-corrected chi connectivity index (χ0v) is 11.8. The SMILES string of the molecule is CCOC1(Br)C=CC(C(=O)c2ccccc2)=CC1. The number of Topliss-reactive ketones (excluding diaryl/α,β-unsaturated/α-hetero) is 1. The van der Waals surface area contributed by atoms with Gasteiger partial charge in [-0.1, -0.05) is 42.5 Å². The lowest BCUT2D eigenvalue weighted by Gasteiger charge is -2.25. The van der Waals surface area contributed by atoms with Crippen molar-refractivity contribution in [2.45, 2.75) is 17.9 Å². The molecule has 0 heterocycles. The fraction of sp³-hybridized carbons (Fsp3) is 0.267. The largest absolute Gasteiger partial charge is 0.360 e. The number of halogens is 1. The molecule has 0 aliphatic heterocycles. The standard InChI is InChI=1S/C15H15BrO2/c1-2-18-15(16)10-8-13(9-11-15)14(17)12-6-4-3-5-7-12/h3-10H,2,11H2,1H3. The van der Waals surface area contributed by atoms with Crippen molar-refractivity contribution in [3.63, 3.8) is 0 Å². The van der Waals surface area contributed by atoms with Crippen LogP contribution in [0.1, 0.15) is 23.7 Å². The molecule has 1 atom stereocenters. The predicted molar refractivity (Wildman–Crippen MR) is 75.9 cm³/mol. The summed E-state index contributed by atoms with van der Waals surface area (Å²) in [6.07, 6.45) is 6.29. The van der Waals surface area contributed by atoms with Crippen LogP contribution in [-0.2, 0) is 4.74 Å². The summed E-state index contributed by atoms with van der Waals surface area (Å²) in [4.78, 5) is 12.2. The molecule has 1 aliphatic carbocycles. The molecule has 0 spiro atoms. The first kappa shape index (κ1) is 13.2. The van der Waals surface area contributed by atoms with Crippen molar-refractivity contribution in [2.24, 2.45) is 0 Å². The first-order valence-electron chi connectivity index (χ1n) is 5.96. The second-order valence-electron chi connectivity index (χ2n) is 4.11. The number of ketones is 1. The lowest BCUT2D eigenvalue weighted by molar-refractivity contribution is 0.0762. The third-order valence-corrected chi connectivity index (χ3v) is 3.61. The first-order chi connectivity index (χ1) is 8.64. The Kier molecular flexibility index (Phi) is 4.15. The second kappa shape index (κ2) is 5.63. The number of alkyl halides is 1. The van der Waals surface area contributed by atoms with Gasteiger partial charge in [-0.2, -0.15) is 0 Å². The van der Waals surface area contributed by atoms with E-state index in [2.05, 4.69) is 15.9 Å². The van der Waals surface area contributed by atoms with Crippen molar-refractivity contribution >= 4 is 21.7 Å². The Morgan fingerprint density at radius 1 is 1.39 bits per heavy atom. The van der Waals surface area contributed by atoms with Gasteiger partial charge in [0, 0.05) is 24.2 Å². The molecular weight excluding hydrogens is 292 g/mol. The molecule has 1 aromatic carbocycles. The van der Waals surface area contributed by atoms with Crippen LogP contribution in [0.15, 0.2) is 54.1 Å². The van der Waals surface area contributed by atoms with Crippen molar-refractivity contribution in [3.8, 4) is 0 Å². The summed E-state index contributed by atoms with van der Waals surface area (Å²) < 4.78 is 5.12. The van der Waals surface area contributed by atoms with Crippen LogP contribution < -0.4 is 0 Å². The topological polar surface area (TPSA) is 26.3 Å². The number of hydrogen-bond acceptors (Lipinski definition) is 2. The molecule has 0 saturated carbocycles. The molecule has 0 amide bonds. The number of carbonyl (C=O) groups is 1. The molecule has 2 rings (SSSR count). The van der Waals surface area contributed by atoms with E-state index in [9.17, 15) is 4.79 Å². The lowest BCUT2D eigenvalue weighted by Crippen LogP contribution is -2.24. The number of allylic oxidation sites excluding steroid dienone is 2. The molecule has 0 N–H and O–H groups in total. The zero-order valence-electron chi connectivity index (χ0n) is 10.2. The molecule has 0 bridgehead atoms. The zero-order chi connectivity index (χ0) is 13.0. The highest BCUT2D eigenvalue weighted by Crippen LogP contribution is 2.31. The van der Waals surface area contributed by atoms with E-state index in [1.54, 1.807) is 0 Å². The summed E-state index contributed by atoms with van der Waals surface area (Å²) in [5.74, 6) is 0.0536. The minimum absolute atomic E-state index is 0.0536. The van der Waals surface area contributed by atoms with Gasteiger partial charge in [-0.15, -0.1) is 0 Å². The fourth-order valence-electron chi connectivity index (χ4n) is 1.87. The second-order valence-corrected chi connectivity index (χ2v) is 5.45. The monoisotopic (exact) mass is 306 g/mol. The van der Waals surface area contributed by atoms with Gasteiger partial charge in [0.05, 0.1) is 0 Å².